The third kappa shape index (κ3) is 2.03. The third-order valence-electron chi connectivity index (χ3n) is 3.85. The van der Waals surface area contributed by atoms with E-state index in [9.17, 15) is 4.79 Å². The lowest BCUT2D eigenvalue weighted by Gasteiger charge is -2.30. The molecule has 0 saturated carbocycles. The van der Waals surface area contributed by atoms with Crippen molar-refractivity contribution in [1.82, 2.24) is 15.4 Å². The first-order valence-corrected chi connectivity index (χ1v) is 6.62. The SMILES string of the molecule is CC(C)c1cc(C(=O)N2C[C@H]3CN[C@H](C3)C2)on1. The number of fused-ring (bicyclic) bond motifs is 2. The summed E-state index contributed by atoms with van der Waals surface area (Å²) < 4.78 is 5.17. The van der Waals surface area contributed by atoms with Gasteiger partial charge in [0.2, 0.25) is 5.76 Å². The fraction of sp³-hybridized carbons (Fsp3) is 0.692. The minimum absolute atomic E-state index is 0.0206. The fourth-order valence-electron chi connectivity index (χ4n) is 2.82. The molecule has 3 heterocycles. The molecule has 5 nitrogen and oxygen atoms in total. The Morgan fingerprint density at radius 2 is 2.39 bits per heavy atom. The van der Waals surface area contributed by atoms with E-state index in [1.54, 1.807) is 6.07 Å². The van der Waals surface area contributed by atoms with Gasteiger partial charge in [0.15, 0.2) is 0 Å². The first-order valence-electron chi connectivity index (χ1n) is 6.62. The van der Waals surface area contributed by atoms with Crippen molar-refractivity contribution < 1.29 is 9.32 Å². The monoisotopic (exact) mass is 249 g/mol. The van der Waals surface area contributed by atoms with E-state index in [4.69, 9.17) is 4.52 Å². The van der Waals surface area contributed by atoms with Gasteiger partial charge in [0.25, 0.3) is 5.91 Å². The van der Waals surface area contributed by atoms with E-state index in [0.29, 0.717) is 17.7 Å². The lowest BCUT2D eigenvalue weighted by atomic mass is 10.00. The molecule has 2 aliphatic heterocycles. The molecular weight excluding hydrogens is 230 g/mol. The quantitative estimate of drug-likeness (QED) is 0.856. The van der Waals surface area contributed by atoms with Crippen molar-refractivity contribution in [1.29, 1.82) is 0 Å². The number of carbonyl (C=O) groups is 1. The zero-order valence-corrected chi connectivity index (χ0v) is 10.8. The van der Waals surface area contributed by atoms with E-state index in [-0.39, 0.29) is 11.8 Å². The van der Waals surface area contributed by atoms with E-state index in [2.05, 4.69) is 10.5 Å². The molecule has 3 rings (SSSR count). The molecule has 0 unspecified atom stereocenters. The van der Waals surface area contributed by atoms with Crippen LogP contribution >= 0.6 is 0 Å². The van der Waals surface area contributed by atoms with Crippen LogP contribution in [0.4, 0.5) is 0 Å². The summed E-state index contributed by atoms with van der Waals surface area (Å²) >= 11 is 0. The highest BCUT2D eigenvalue weighted by molar-refractivity contribution is 5.91. The summed E-state index contributed by atoms with van der Waals surface area (Å²) in [5.74, 6) is 1.24. The largest absolute Gasteiger partial charge is 0.351 e. The summed E-state index contributed by atoms with van der Waals surface area (Å²) in [5, 5.41) is 7.39. The number of hydrogen-bond donors (Lipinski definition) is 1. The molecule has 2 saturated heterocycles. The van der Waals surface area contributed by atoms with Crippen LogP contribution in [0.3, 0.4) is 0 Å². The van der Waals surface area contributed by atoms with E-state index in [0.717, 1.165) is 25.3 Å². The summed E-state index contributed by atoms with van der Waals surface area (Å²) in [4.78, 5) is 14.2. The normalized spacial score (nSPS) is 26.9. The number of amides is 1. The van der Waals surface area contributed by atoms with Gasteiger partial charge < -0.3 is 14.7 Å². The van der Waals surface area contributed by atoms with Gasteiger partial charge in [-0.3, -0.25) is 4.79 Å². The average Bonchev–Trinajstić information content (AvgIpc) is 2.95. The van der Waals surface area contributed by atoms with Crippen LogP contribution in [0, 0.1) is 5.92 Å². The Morgan fingerprint density at radius 1 is 1.56 bits per heavy atom. The second-order valence-corrected chi connectivity index (χ2v) is 5.69. The molecule has 1 N–H and O–H groups in total. The zero-order valence-electron chi connectivity index (χ0n) is 10.8. The van der Waals surface area contributed by atoms with E-state index in [1.165, 1.54) is 6.42 Å². The molecule has 0 spiro atoms. The molecule has 98 valence electrons. The van der Waals surface area contributed by atoms with Gasteiger partial charge in [0.05, 0.1) is 5.69 Å². The van der Waals surface area contributed by atoms with Crippen LogP contribution in [0.5, 0.6) is 0 Å². The van der Waals surface area contributed by atoms with Crippen molar-refractivity contribution in [2.75, 3.05) is 19.6 Å². The first kappa shape index (κ1) is 11.7. The van der Waals surface area contributed by atoms with Gasteiger partial charge in [-0.25, -0.2) is 0 Å². The van der Waals surface area contributed by atoms with Gasteiger partial charge in [0.1, 0.15) is 0 Å². The first-order chi connectivity index (χ1) is 8.63. The molecule has 1 aromatic heterocycles. The predicted octanol–water partition coefficient (Wildman–Crippen LogP) is 1.23. The smallest absolute Gasteiger partial charge is 0.292 e. The Morgan fingerprint density at radius 3 is 3.06 bits per heavy atom. The Kier molecular flexibility index (Phi) is 2.86. The Labute approximate surface area is 107 Å². The van der Waals surface area contributed by atoms with E-state index < -0.39 is 0 Å². The second-order valence-electron chi connectivity index (χ2n) is 5.69. The zero-order chi connectivity index (χ0) is 12.7. The molecule has 2 atom stereocenters. The molecule has 0 aliphatic carbocycles. The molecule has 2 aliphatic rings. The van der Waals surface area contributed by atoms with Crippen LogP contribution in [0.15, 0.2) is 10.6 Å². The molecule has 0 radical (unpaired) electrons. The highest BCUT2D eigenvalue weighted by Crippen LogP contribution is 2.24. The van der Waals surface area contributed by atoms with Crippen molar-refractivity contribution >= 4 is 5.91 Å². The van der Waals surface area contributed by atoms with Crippen LogP contribution in [0.25, 0.3) is 0 Å². The van der Waals surface area contributed by atoms with Crippen molar-refractivity contribution in [3.63, 3.8) is 0 Å². The van der Waals surface area contributed by atoms with Crippen molar-refractivity contribution in [2.24, 2.45) is 5.92 Å². The Balaban J connectivity index is 1.73. The Hall–Kier alpha value is -1.36. The van der Waals surface area contributed by atoms with Crippen molar-refractivity contribution in [3.05, 3.63) is 17.5 Å². The second kappa shape index (κ2) is 4.39. The van der Waals surface area contributed by atoms with Gasteiger partial charge in [0, 0.05) is 31.7 Å². The van der Waals surface area contributed by atoms with Gasteiger partial charge in [-0.15, -0.1) is 0 Å². The van der Waals surface area contributed by atoms with Gasteiger partial charge in [-0.2, -0.15) is 0 Å². The summed E-state index contributed by atoms with van der Waals surface area (Å²) in [6, 6.07) is 2.23. The van der Waals surface area contributed by atoms with Crippen LogP contribution in [-0.2, 0) is 0 Å². The van der Waals surface area contributed by atoms with Crippen LogP contribution in [0.1, 0.15) is 42.4 Å². The molecule has 2 bridgehead atoms. The van der Waals surface area contributed by atoms with Crippen LogP contribution < -0.4 is 5.32 Å². The van der Waals surface area contributed by atoms with E-state index >= 15 is 0 Å². The summed E-state index contributed by atoms with van der Waals surface area (Å²) in [6.07, 6.45) is 1.19. The maximum absolute atomic E-state index is 12.3. The number of nitrogens with zero attached hydrogens (tertiary/aromatic N) is 2. The van der Waals surface area contributed by atoms with Crippen molar-refractivity contribution in [2.45, 2.75) is 32.2 Å². The molecule has 2 fully saturated rings. The van der Waals surface area contributed by atoms with Gasteiger partial charge in [-0.05, 0) is 18.3 Å². The number of piperidine rings is 1. The summed E-state index contributed by atoms with van der Waals surface area (Å²) in [6.45, 7) is 6.73. The lowest BCUT2D eigenvalue weighted by molar-refractivity contribution is 0.0649. The molecule has 5 heteroatoms. The van der Waals surface area contributed by atoms with Gasteiger partial charge in [-0.1, -0.05) is 19.0 Å². The number of nitrogens with one attached hydrogen (secondary N) is 1. The standard InChI is InChI=1S/C13H19N3O2/c1-8(2)11-4-12(18-15-11)13(17)16-6-9-3-10(7-16)14-5-9/h4,8-10,14H,3,5-7H2,1-2H3/t9-,10-/m1/s1. The van der Waals surface area contributed by atoms with Gasteiger partial charge >= 0.3 is 0 Å². The number of carbonyl (C=O) groups excluding carboxylic acids is 1. The number of hydrogen-bond acceptors (Lipinski definition) is 4. The topological polar surface area (TPSA) is 58.4 Å². The number of likely N-dealkylation sites (tertiary alicyclic amines) is 1. The highest BCUT2D eigenvalue weighted by Gasteiger charge is 2.35. The average molecular weight is 249 g/mol. The molecule has 1 aromatic rings. The predicted molar refractivity (Wildman–Crippen MR) is 66.4 cm³/mol. The minimum atomic E-state index is -0.0206. The molecular formula is C13H19N3O2. The van der Waals surface area contributed by atoms with E-state index in [1.807, 2.05) is 18.7 Å². The summed E-state index contributed by atoms with van der Waals surface area (Å²) in [7, 11) is 0. The van der Waals surface area contributed by atoms with Crippen molar-refractivity contribution in [3.8, 4) is 0 Å². The van der Waals surface area contributed by atoms with Crippen LogP contribution in [0.2, 0.25) is 0 Å². The fourth-order valence-corrected chi connectivity index (χ4v) is 2.82. The summed E-state index contributed by atoms with van der Waals surface area (Å²) in [5.41, 5.74) is 0.844. The third-order valence-corrected chi connectivity index (χ3v) is 3.85. The minimum Gasteiger partial charge on any atom is -0.351 e. The molecule has 18 heavy (non-hydrogen) atoms. The number of aromatic nitrogens is 1. The maximum Gasteiger partial charge on any atom is 0.292 e. The molecule has 0 aromatic carbocycles. The lowest BCUT2D eigenvalue weighted by Crippen LogP contribution is -2.44. The Bertz CT molecular complexity index is 443. The van der Waals surface area contributed by atoms with Crippen LogP contribution in [-0.4, -0.2) is 41.6 Å². The highest BCUT2D eigenvalue weighted by atomic mass is 16.5. The molecule has 1 amide bonds. The number of rotatable bonds is 2. The maximum atomic E-state index is 12.3.